The number of aryl methyl sites for hydroxylation is 2. The van der Waals surface area contributed by atoms with E-state index in [9.17, 15) is 13.2 Å². The summed E-state index contributed by atoms with van der Waals surface area (Å²) in [6, 6.07) is 5.14. The molecular weight excluding hydrogens is 426 g/mol. The molecule has 0 aliphatic carbocycles. The second-order valence-corrected chi connectivity index (χ2v) is 10.3. The summed E-state index contributed by atoms with van der Waals surface area (Å²) in [6.45, 7) is 4.10. The van der Waals surface area contributed by atoms with Crippen LogP contribution in [0.4, 0.5) is 5.82 Å². The SMILES string of the molecule is Cc1ccc(NC(=O)[C@H]2CCCN(S(=O)(=O)c3cc(-c4noc(C)n4)cs3)C2)nc1. The highest BCUT2D eigenvalue weighted by molar-refractivity contribution is 7.91. The summed E-state index contributed by atoms with van der Waals surface area (Å²) < 4.78 is 32.8. The second kappa shape index (κ2) is 8.25. The molecule has 4 heterocycles. The third-order valence-electron chi connectivity index (χ3n) is 4.87. The molecule has 1 fully saturated rings. The maximum atomic E-state index is 13.1. The molecule has 1 aliphatic heterocycles. The molecule has 0 spiro atoms. The van der Waals surface area contributed by atoms with Crippen molar-refractivity contribution in [3.05, 3.63) is 41.2 Å². The number of hydrogen-bond acceptors (Lipinski definition) is 8. The molecule has 30 heavy (non-hydrogen) atoms. The zero-order chi connectivity index (χ0) is 21.3. The van der Waals surface area contributed by atoms with Gasteiger partial charge in [0.25, 0.3) is 10.0 Å². The van der Waals surface area contributed by atoms with Crippen LogP contribution < -0.4 is 5.32 Å². The Morgan fingerprint density at radius 2 is 2.17 bits per heavy atom. The van der Waals surface area contributed by atoms with E-state index in [1.165, 1.54) is 4.31 Å². The Labute approximate surface area is 178 Å². The Morgan fingerprint density at radius 3 is 2.87 bits per heavy atom. The normalized spacial score (nSPS) is 17.7. The van der Waals surface area contributed by atoms with Gasteiger partial charge in [0, 0.05) is 37.2 Å². The minimum Gasteiger partial charge on any atom is -0.339 e. The number of nitrogens with zero attached hydrogens (tertiary/aromatic N) is 4. The number of pyridine rings is 1. The van der Waals surface area contributed by atoms with Gasteiger partial charge >= 0.3 is 0 Å². The molecule has 3 aromatic rings. The minimum absolute atomic E-state index is 0.134. The molecule has 9 nitrogen and oxygen atoms in total. The van der Waals surface area contributed by atoms with Crippen LogP contribution in [0.5, 0.6) is 0 Å². The van der Waals surface area contributed by atoms with Crippen LogP contribution in [-0.4, -0.2) is 46.8 Å². The van der Waals surface area contributed by atoms with Crippen LogP contribution in [0.15, 0.2) is 38.5 Å². The van der Waals surface area contributed by atoms with Gasteiger partial charge in [0.1, 0.15) is 10.0 Å². The van der Waals surface area contributed by atoms with Gasteiger partial charge in [-0.05, 0) is 37.5 Å². The van der Waals surface area contributed by atoms with Crippen molar-refractivity contribution in [1.29, 1.82) is 0 Å². The Hall–Kier alpha value is -2.63. The van der Waals surface area contributed by atoms with E-state index >= 15 is 0 Å². The van der Waals surface area contributed by atoms with E-state index < -0.39 is 15.9 Å². The van der Waals surface area contributed by atoms with E-state index in [1.54, 1.807) is 30.6 Å². The lowest BCUT2D eigenvalue weighted by atomic mass is 9.99. The van der Waals surface area contributed by atoms with Crippen LogP contribution in [-0.2, 0) is 14.8 Å². The zero-order valence-corrected chi connectivity index (χ0v) is 18.2. The third kappa shape index (κ3) is 4.27. The van der Waals surface area contributed by atoms with Gasteiger partial charge in [0.05, 0.1) is 5.92 Å². The molecule has 1 aliphatic rings. The van der Waals surface area contributed by atoms with Gasteiger partial charge < -0.3 is 9.84 Å². The summed E-state index contributed by atoms with van der Waals surface area (Å²) in [5.74, 6) is 0.570. The summed E-state index contributed by atoms with van der Waals surface area (Å²) in [5, 5.41) is 8.30. The van der Waals surface area contributed by atoms with Crippen molar-refractivity contribution in [3.8, 4) is 11.4 Å². The summed E-state index contributed by atoms with van der Waals surface area (Å²) >= 11 is 1.11. The van der Waals surface area contributed by atoms with Crippen LogP contribution in [0.1, 0.15) is 24.3 Å². The van der Waals surface area contributed by atoms with Gasteiger partial charge in [-0.25, -0.2) is 13.4 Å². The number of carbonyl (C=O) groups excluding carboxylic acids is 1. The lowest BCUT2D eigenvalue weighted by Crippen LogP contribution is -2.43. The summed E-state index contributed by atoms with van der Waals surface area (Å²) in [6.07, 6.45) is 2.91. The van der Waals surface area contributed by atoms with Crippen molar-refractivity contribution in [2.45, 2.75) is 30.9 Å². The molecule has 3 aromatic heterocycles. The van der Waals surface area contributed by atoms with Crippen LogP contribution >= 0.6 is 11.3 Å². The first-order valence-electron chi connectivity index (χ1n) is 9.46. The number of piperidine rings is 1. The average Bonchev–Trinajstić information content (AvgIpc) is 3.39. The molecule has 4 rings (SSSR count). The minimum atomic E-state index is -3.72. The highest BCUT2D eigenvalue weighted by Gasteiger charge is 2.34. The molecular formula is C19H21N5O4S2. The monoisotopic (exact) mass is 447 g/mol. The van der Waals surface area contributed by atoms with Gasteiger partial charge in [-0.15, -0.1) is 11.3 Å². The Bertz CT molecular complexity index is 1150. The highest BCUT2D eigenvalue weighted by Crippen LogP contribution is 2.31. The van der Waals surface area contributed by atoms with E-state index in [1.807, 2.05) is 13.0 Å². The first kappa shape index (κ1) is 20.6. The van der Waals surface area contributed by atoms with Crippen molar-refractivity contribution >= 4 is 33.1 Å². The van der Waals surface area contributed by atoms with Gasteiger partial charge in [-0.2, -0.15) is 9.29 Å². The molecule has 158 valence electrons. The predicted octanol–water partition coefficient (Wildman–Crippen LogP) is 2.85. The van der Waals surface area contributed by atoms with Gasteiger partial charge in [0.2, 0.25) is 17.6 Å². The number of aromatic nitrogens is 3. The first-order chi connectivity index (χ1) is 14.3. The van der Waals surface area contributed by atoms with Crippen LogP contribution in [0.25, 0.3) is 11.4 Å². The maximum Gasteiger partial charge on any atom is 0.252 e. The van der Waals surface area contributed by atoms with E-state index in [-0.39, 0.29) is 16.7 Å². The van der Waals surface area contributed by atoms with Crippen molar-refractivity contribution in [2.24, 2.45) is 5.92 Å². The maximum absolute atomic E-state index is 13.1. The lowest BCUT2D eigenvalue weighted by Gasteiger charge is -2.30. The van der Waals surface area contributed by atoms with E-state index in [4.69, 9.17) is 4.52 Å². The topological polar surface area (TPSA) is 118 Å². The molecule has 0 aromatic carbocycles. The predicted molar refractivity (Wildman–Crippen MR) is 111 cm³/mol. The lowest BCUT2D eigenvalue weighted by molar-refractivity contribution is -0.120. The Balaban J connectivity index is 1.47. The number of sulfonamides is 1. The largest absolute Gasteiger partial charge is 0.339 e. The number of amides is 1. The average molecular weight is 448 g/mol. The number of nitrogens with one attached hydrogen (secondary N) is 1. The molecule has 0 saturated carbocycles. The van der Waals surface area contributed by atoms with Crippen molar-refractivity contribution in [1.82, 2.24) is 19.4 Å². The first-order valence-corrected chi connectivity index (χ1v) is 11.8. The van der Waals surface area contributed by atoms with Gasteiger partial charge in [0.15, 0.2) is 0 Å². The molecule has 0 radical (unpaired) electrons. The summed E-state index contributed by atoms with van der Waals surface area (Å²) in [7, 11) is -3.72. The molecule has 0 unspecified atom stereocenters. The fraction of sp³-hybridized carbons (Fsp3) is 0.368. The zero-order valence-electron chi connectivity index (χ0n) is 16.5. The second-order valence-electron chi connectivity index (χ2n) is 7.20. The summed E-state index contributed by atoms with van der Waals surface area (Å²) in [4.78, 5) is 21.0. The molecule has 1 saturated heterocycles. The highest BCUT2D eigenvalue weighted by atomic mass is 32.2. The number of rotatable bonds is 5. The number of thiophene rings is 1. The molecule has 11 heteroatoms. The van der Waals surface area contributed by atoms with Crippen LogP contribution in [0.3, 0.4) is 0 Å². The van der Waals surface area contributed by atoms with Crippen molar-refractivity contribution < 1.29 is 17.7 Å². The summed E-state index contributed by atoms with van der Waals surface area (Å²) in [5.41, 5.74) is 1.58. The Morgan fingerprint density at radius 1 is 1.33 bits per heavy atom. The number of carbonyl (C=O) groups is 1. The molecule has 1 amide bonds. The van der Waals surface area contributed by atoms with Gasteiger partial charge in [-0.3, -0.25) is 4.79 Å². The molecule has 1 N–H and O–H groups in total. The quantitative estimate of drug-likeness (QED) is 0.639. The smallest absolute Gasteiger partial charge is 0.252 e. The van der Waals surface area contributed by atoms with Crippen molar-refractivity contribution in [3.63, 3.8) is 0 Å². The molecule has 1 atom stereocenters. The van der Waals surface area contributed by atoms with Gasteiger partial charge in [-0.1, -0.05) is 11.2 Å². The van der Waals surface area contributed by atoms with Crippen LogP contribution in [0.2, 0.25) is 0 Å². The fourth-order valence-corrected chi connectivity index (χ4v) is 6.09. The van der Waals surface area contributed by atoms with E-state index in [0.29, 0.717) is 42.5 Å². The standard InChI is InChI=1S/C19H21N5O4S2/c1-12-5-6-16(20-9-12)22-19(25)14-4-3-7-24(10-14)30(26,27)17-8-15(11-29-17)18-21-13(2)28-23-18/h5-6,8-9,11,14H,3-4,7,10H2,1-2H3,(H,20,22,25)/t14-/m0/s1. The van der Waals surface area contributed by atoms with E-state index in [2.05, 4.69) is 20.4 Å². The fourth-order valence-electron chi connectivity index (χ4n) is 3.26. The van der Waals surface area contributed by atoms with Crippen LogP contribution in [0, 0.1) is 19.8 Å². The van der Waals surface area contributed by atoms with Crippen molar-refractivity contribution in [2.75, 3.05) is 18.4 Å². The van der Waals surface area contributed by atoms with E-state index in [0.717, 1.165) is 16.9 Å². The number of anilines is 1. The molecule has 0 bridgehead atoms. The number of hydrogen-bond donors (Lipinski definition) is 1. The Kier molecular flexibility index (Phi) is 5.67. The third-order valence-corrected chi connectivity index (χ3v) is 8.15.